The van der Waals surface area contributed by atoms with Gasteiger partial charge in [-0.1, -0.05) is 22.9 Å². The van der Waals surface area contributed by atoms with Gasteiger partial charge in [0.15, 0.2) is 0 Å². The molecular weight excluding hydrogens is 285 g/mol. The van der Waals surface area contributed by atoms with Gasteiger partial charge in [0.05, 0.1) is 0 Å². The first-order valence-electron chi connectivity index (χ1n) is 5.35. The van der Waals surface area contributed by atoms with E-state index in [4.69, 9.17) is 0 Å². The van der Waals surface area contributed by atoms with Gasteiger partial charge in [-0.15, -0.1) is 0 Å². The van der Waals surface area contributed by atoms with E-state index in [2.05, 4.69) is 15.9 Å². The molecule has 0 aliphatic rings. The molecule has 0 saturated carbocycles. The first-order chi connectivity index (χ1) is 7.27. The lowest BCUT2D eigenvalue weighted by Crippen LogP contribution is -2.40. The van der Waals surface area contributed by atoms with Gasteiger partial charge >= 0.3 is 6.18 Å². The van der Waals surface area contributed by atoms with E-state index < -0.39 is 11.0 Å². The highest BCUT2D eigenvalue weighted by Gasteiger charge is 2.38. The van der Waals surface area contributed by atoms with Crippen molar-refractivity contribution in [2.24, 2.45) is 0 Å². The van der Waals surface area contributed by atoms with Crippen LogP contribution in [0.25, 0.3) is 0 Å². The molecule has 0 aromatic heterocycles. The minimum Gasteiger partial charge on any atom is -0.308 e. The van der Waals surface area contributed by atoms with Crippen LogP contribution >= 0.6 is 15.9 Å². The minimum absolute atomic E-state index is 0.0190. The van der Waals surface area contributed by atoms with Gasteiger partial charge in [0.25, 0.3) is 0 Å². The second-order valence-electron chi connectivity index (χ2n) is 4.11. The van der Waals surface area contributed by atoms with Crippen molar-refractivity contribution in [2.75, 3.05) is 40.3 Å². The molecule has 0 amide bonds. The van der Waals surface area contributed by atoms with Crippen LogP contribution in [-0.2, 0) is 0 Å². The molecule has 0 radical (unpaired) electrons. The fourth-order valence-electron chi connectivity index (χ4n) is 1.28. The fraction of sp³-hybridized carbons (Fsp3) is 1.00. The molecule has 0 heterocycles. The van der Waals surface area contributed by atoms with Crippen molar-refractivity contribution in [2.45, 2.75) is 24.3 Å². The second-order valence-corrected chi connectivity index (χ2v) is 5.22. The summed E-state index contributed by atoms with van der Waals surface area (Å²) in [5, 5.41) is 0. The van der Waals surface area contributed by atoms with Crippen LogP contribution in [0.3, 0.4) is 0 Å². The number of nitrogens with zero attached hydrogens (tertiary/aromatic N) is 2. The van der Waals surface area contributed by atoms with Gasteiger partial charge in [0.2, 0.25) is 0 Å². The zero-order valence-corrected chi connectivity index (χ0v) is 11.6. The first-order valence-corrected chi connectivity index (χ1v) is 6.26. The van der Waals surface area contributed by atoms with Crippen LogP contribution in [0.1, 0.15) is 13.3 Å². The zero-order chi connectivity index (χ0) is 12.8. The number of alkyl halides is 4. The monoisotopic (exact) mass is 304 g/mol. The van der Waals surface area contributed by atoms with Crippen LogP contribution in [0.5, 0.6) is 0 Å². The van der Waals surface area contributed by atoms with E-state index in [0.29, 0.717) is 13.1 Å². The maximum atomic E-state index is 12.4. The molecule has 1 atom stereocenters. The molecule has 0 aliphatic heterocycles. The summed E-state index contributed by atoms with van der Waals surface area (Å²) in [5.41, 5.74) is 0. The smallest absolute Gasteiger partial charge is 0.308 e. The molecule has 98 valence electrons. The molecule has 0 bridgehead atoms. The SMILES string of the molecule is CCCN(CCN(C)C)CC(Br)C(F)(F)F. The molecule has 0 aromatic carbocycles. The summed E-state index contributed by atoms with van der Waals surface area (Å²) in [6, 6.07) is 0. The average Bonchev–Trinajstić information content (AvgIpc) is 2.12. The molecule has 6 heteroatoms. The average molecular weight is 305 g/mol. The zero-order valence-electron chi connectivity index (χ0n) is 10.0. The summed E-state index contributed by atoms with van der Waals surface area (Å²) in [6.07, 6.45) is -3.30. The van der Waals surface area contributed by atoms with E-state index in [9.17, 15) is 13.2 Å². The molecule has 0 fully saturated rings. The van der Waals surface area contributed by atoms with E-state index in [0.717, 1.165) is 13.0 Å². The summed E-state index contributed by atoms with van der Waals surface area (Å²) in [5.74, 6) is 0. The molecule has 0 saturated heterocycles. The van der Waals surface area contributed by atoms with Crippen LogP contribution in [0.2, 0.25) is 0 Å². The second kappa shape index (κ2) is 7.50. The largest absolute Gasteiger partial charge is 0.402 e. The van der Waals surface area contributed by atoms with Crippen LogP contribution in [-0.4, -0.2) is 61.1 Å². The minimum atomic E-state index is -4.16. The van der Waals surface area contributed by atoms with Crippen molar-refractivity contribution in [3.63, 3.8) is 0 Å². The summed E-state index contributed by atoms with van der Waals surface area (Å²) in [7, 11) is 3.83. The molecule has 0 aliphatic carbocycles. The van der Waals surface area contributed by atoms with Crippen molar-refractivity contribution in [1.82, 2.24) is 9.80 Å². The maximum absolute atomic E-state index is 12.4. The normalized spacial score (nSPS) is 14.8. The van der Waals surface area contributed by atoms with E-state index in [1.165, 1.54) is 0 Å². The number of hydrogen-bond donors (Lipinski definition) is 0. The predicted molar refractivity (Wildman–Crippen MR) is 64.1 cm³/mol. The quantitative estimate of drug-likeness (QED) is 0.667. The van der Waals surface area contributed by atoms with E-state index in [-0.39, 0.29) is 6.54 Å². The molecule has 0 aromatic rings. The Morgan fingerprint density at radius 1 is 1.12 bits per heavy atom. The van der Waals surface area contributed by atoms with Crippen LogP contribution in [0.4, 0.5) is 13.2 Å². The van der Waals surface area contributed by atoms with Crippen molar-refractivity contribution < 1.29 is 13.2 Å². The third-order valence-electron chi connectivity index (χ3n) is 2.18. The number of halogens is 4. The van der Waals surface area contributed by atoms with Crippen LogP contribution in [0, 0.1) is 0 Å². The standard InChI is InChI=1S/C10H20BrF3N2/c1-4-5-16(7-6-15(2)3)8-9(11)10(12,13)14/h9H,4-8H2,1-3H3. The Bertz CT molecular complexity index is 185. The van der Waals surface area contributed by atoms with Crippen molar-refractivity contribution >= 4 is 15.9 Å². The lowest BCUT2D eigenvalue weighted by Gasteiger charge is -2.26. The van der Waals surface area contributed by atoms with Crippen molar-refractivity contribution in [3.8, 4) is 0 Å². The van der Waals surface area contributed by atoms with Gasteiger partial charge in [-0.25, -0.2) is 0 Å². The molecule has 1 unspecified atom stereocenters. The molecule has 2 nitrogen and oxygen atoms in total. The summed E-state index contributed by atoms with van der Waals surface area (Å²) in [4.78, 5) is 2.38. The number of likely N-dealkylation sites (N-methyl/N-ethyl adjacent to an activating group) is 1. The summed E-state index contributed by atoms with van der Waals surface area (Å²) < 4.78 is 37.1. The Kier molecular flexibility index (Phi) is 7.59. The van der Waals surface area contributed by atoms with Crippen LogP contribution < -0.4 is 0 Å². The van der Waals surface area contributed by atoms with Crippen LogP contribution in [0.15, 0.2) is 0 Å². The van der Waals surface area contributed by atoms with Gasteiger partial charge in [0, 0.05) is 19.6 Å². The topological polar surface area (TPSA) is 6.48 Å². The van der Waals surface area contributed by atoms with Gasteiger partial charge in [-0.2, -0.15) is 13.2 Å². The van der Waals surface area contributed by atoms with Gasteiger partial charge in [0.1, 0.15) is 4.83 Å². The summed E-state index contributed by atoms with van der Waals surface area (Å²) >= 11 is 2.70. The highest BCUT2D eigenvalue weighted by atomic mass is 79.9. The van der Waals surface area contributed by atoms with Crippen molar-refractivity contribution in [1.29, 1.82) is 0 Å². The lowest BCUT2D eigenvalue weighted by atomic mass is 10.3. The highest BCUT2D eigenvalue weighted by Crippen LogP contribution is 2.26. The number of hydrogen-bond acceptors (Lipinski definition) is 2. The molecular formula is C10H20BrF3N2. The van der Waals surface area contributed by atoms with Gasteiger partial charge in [-0.3, -0.25) is 0 Å². The van der Waals surface area contributed by atoms with E-state index >= 15 is 0 Å². The molecule has 0 rings (SSSR count). The predicted octanol–water partition coefficient (Wildman–Crippen LogP) is 2.59. The summed E-state index contributed by atoms with van der Waals surface area (Å²) in [6.45, 7) is 4.13. The van der Waals surface area contributed by atoms with E-state index in [1.807, 2.05) is 30.8 Å². The molecule has 16 heavy (non-hydrogen) atoms. The Balaban J connectivity index is 4.11. The highest BCUT2D eigenvalue weighted by molar-refractivity contribution is 9.09. The van der Waals surface area contributed by atoms with Gasteiger partial charge < -0.3 is 9.80 Å². The van der Waals surface area contributed by atoms with E-state index in [1.54, 1.807) is 0 Å². The third-order valence-corrected chi connectivity index (χ3v) is 2.99. The number of rotatable bonds is 7. The van der Waals surface area contributed by atoms with Crippen molar-refractivity contribution in [3.05, 3.63) is 0 Å². The third kappa shape index (κ3) is 7.46. The molecule has 0 spiro atoms. The van der Waals surface area contributed by atoms with Gasteiger partial charge in [-0.05, 0) is 27.1 Å². The first kappa shape index (κ1) is 16.2. The Morgan fingerprint density at radius 2 is 1.69 bits per heavy atom. The molecule has 0 N–H and O–H groups in total. The Hall–Kier alpha value is 0.190. The lowest BCUT2D eigenvalue weighted by molar-refractivity contribution is -0.130. The maximum Gasteiger partial charge on any atom is 0.402 e. The fourth-order valence-corrected chi connectivity index (χ4v) is 1.69. The Labute approximate surface area is 104 Å². The Morgan fingerprint density at radius 3 is 2.06 bits per heavy atom.